The van der Waals surface area contributed by atoms with Crippen LogP contribution in [0.2, 0.25) is 0 Å². The van der Waals surface area contributed by atoms with Gasteiger partial charge in [0.25, 0.3) is 0 Å². The number of rotatable bonds is 9. The molecule has 1 aromatic carbocycles. The van der Waals surface area contributed by atoms with Gasteiger partial charge in [-0.2, -0.15) is 0 Å². The minimum atomic E-state index is -0.676. The molecule has 2 rings (SSSR count). The van der Waals surface area contributed by atoms with Gasteiger partial charge in [-0.3, -0.25) is 0 Å². The summed E-state index contributed by atoms with van der Waals surface area (Å²) in [6.45, 7) is 7.08. The van der Waals surface area contributed by atoms with Crippen molar-refractivity contribution < 1.29 is 23.7 Å². The number of benzene rings is 1. The average molecular weight is 336 g/mol. The van der Waals surface area contributed by atoms with Crippen molar-refractivity contribution in [1.82, 2.24) is 0 Å². The van der Waals surface area contributed by atoms with Crippen LogP contribution in [-0.2, 0) is 25.6 Å². The zero-order valence-corrected chi connectivity index (χ0v) is 15.0. The molecule has 0 amide bonds. The number of aldehydes is 1. The third-order valence-corrected chi connectivity index (χ3v) is 4.13. The van der Waals surface area contributed by atoms with Crippen molar-refractivity contribution in [3.8, 4) is 5.75 Å². The Balaban J connectivity index is 1.67. The summed E-state index contributed by atoms with van der Waals surface area (Å²) in [6, 6.07) is 7.87. The van der Waals surface area contributed by atoms with Crippen molar-refractivity contribution in [2.75, 3.05) is 13.7 Å². The first kappa shape index (κ1) is 18.9. The van der Waals surface area contributed by atoms with Gasteiger partial charge in [-0.05, 0) is 50.3 Å². The lowest BCUT2D eigenvalue weighted by molar-refractivity contribution is -0.150. The molecule has 1 aromatic rings. The van der Waals surface area contributed by atoms with Crippen LogP contribution in [0, 0.1) is 5.92 Å². The Morgan fingerprint density at radius 2 is 1.96 bits per heavy atom. The van der Waals surface area contributed by atoms with Gasteiger partial charge < -0.3 is 23.7 Å². The fraction of sp³-hybridized carbons (Fsp3) is 0.632. The third-order valence-electron chi connectivity index (χ3n) is 4.13. The van der Waals surface area contributed by atoms with Crippen molar-refractivity contribution >= 4 is 6.29 Å². The number of carbonyl (C=O) groups is 1. The first-order chi connectivity index (χ1) is 11.4. The van der Waals surface area contributed by atoms with E-state index in [1.54, 1.807) is 7.11 Å². The molecule has 0 aromatic heterocycles. The molecule has 1 saturated heterocycles. The fourth-order valence-corrected chi connectivity index (χ4v) is 2.83. The van der Waals surface area contributed by atoms with Crippen LogP contribution in [0.25, 0.3) is 0 Å². The Bertz CT molecular complexity index is 511. The summed E-state index contributed by atoms with van der Waals surface area (Å²) in [7, 11) is 1.66. The largest absolute Gasteiger partial charge is 0.497 e. The fourth-order valence-electron chi connectivity index (χ4n) is 2.83. The van der Waals surface area contributed by atoms with E-state index in [9.17, 15) is 4.79 Å². The molecular weight excluding hydrogens is 308 g/mol. The lowest BCUT2D eigenvalue weighted by Gasteiger charge is -2.18. The van der Waals surface area contributed by atoms with Crippen molar-refractivity contribution in [2.24, 2.45) is 5.92 Å². The van der Waals surface area contributed by atoms with E-state index < -0.39 is 11.9 Å². The quantitative estimate of drug-likeness (QED) is 0.647. The van der Waals surface area contributed by atoms with Gasteiger partial charge in [0.1, 0.15) is 11.9 Å². The van der Waals surface area contributed by atoms with Gasteiger partial charge in [0.15, 0.2) is 12.1 Å². The highest BCUT2D eigenvalue weighted by atomic mass is 16.8. The van der Waals surface area contributed by atoms with Crippen LogP contribution >= 0.6 is 0 Å². The molecule has 1 aliphatic rings. The normalized spacial score (nSPS) is 23.8. The number of hydrogen-bond donors (Lipinski definition) is 0. The van der Waals surface area contributed by atoms with E-state index in [1.807, 2.05) is 38.1 Å². The number of methoxy groups -OCH3 is 1. The van der Waals surface area contributed by atoms with Gasteiger partial charge in [0, 0.05) is 6.61 Å². The molecule has 0 aliphatic carbocycles. The Kier molecular flexibility index (Phi) is 6.78. The predicted octanol–water partition coefficient (Wildman–Crippen LogP) is 3.35. The Labute approximate surface area is 144 Å². The van der Waals surface area contributed by atoms with E-state index in [4.69, 9.17) is 18.9 Å². The van der Waals surface area contributed by atoms with Crippen molar-refractivity contribution in [3.05, 3.63) is 29.8 Å². The molecule has 0 unspecified atom stereocenters. The molecule has 5 heteroatoms. The molecule has 0 bridgehead atoms. The first-order valence-corrected chi connectivity index (χ1v) is 8.45. The van der Waals surface area contributed by atoms with Crippen LogP contribution in [0.15, 0.2) is 24.3 Å². The van der Waals surface area contributed by atoms with Crippen molar-refractivity contribution in [2.45, 2.75) is 58.2 Å². The molecule has 0 spiro atoms. The lowest BCUT2D eigenvalue weighted by Crippen LogP contribution is -2.24. The third kappa shape index (κ3) is 5.58. The lowest BCUT2D eigenvalue weighted by atomic mass is 10.0. The van der Waals surface area contributed by atoms with Crippen molar-refractivity contribution in [1.29, 1.82) is 0 Å². The smallest absolute Gasteiger partial charge is 0.164 e. The summed E-state index contributed by atoms with van der Waals surface area (Å²) in [4.78, 5) is 11.1. The molecule has 5 nitrogen and oxygen atoms in total. The number of hydrogen-bond acceptors (Lipinski definition) is 5. The van der Waals surface area contributed by atoms with Crippen LogP contribution in [0.3, 0.4) is 0 Å². The molecule has 1 heterocycles. The Hall–Kier alpha value is -1.43. The summed E-state index contributed by atoms with van der Waals surface area (Å²) >= 11 is 0. The molecular formula is C19H28O5. The molecule has 0 N–H and O–H groups in total. The van der Waals surface area contributed by atoms with Crippen molar-refractivity contribution in [3.63, 3.8) is 0 Å². The minimum absolute atomic E-state index is 0.165. The van der Waals surface area contributed by atoms with E-state index in [1.165, 1.54) is 0 Å². The summed E-state index contributed by atoms with van der Waals surface area (Å²) < 4.78 is 22.3. The second-order valence-corrected chi connectivity index (χ2v) is 6.82. The topological polar surface area (TPSA) is 54.0 Å². The summed E-state index contributed by atoms with van der Waals surface area (Å²) in [6.07, 6.45) is 1.93. The van der Waals surface area contributed by atoms with E-state index in [0.29, 0.717) is 19.1 Å². The highest BCUT2D eigenvalue weighted by molar-refractivity contribution is 5.57. The molecule has 134 valence electrons. The van der Waals surface area contributed by atoms with E-state index in [0.717, 1.165) is 30.4 Å². The SMILES string of the molecule is COc1ccc(COC[C@@H](C)CC[C@@H]2OC(C)(C)O[C@H]2C=O)cc1. The summed E-state index contributed by atoms with van der Waals surface area (Å²) in [5.41, 5.74) is 1.12. The monoisotopic (exact) mass is 336 g/mol. The Morgan fingerprint density at radius 1 is 1.25 bits per heavy atom. The predicted molar refractivity (Wildman–Crippen MR) is 90.9 cm³/mol. The van der Waals surface area contributed by atoms with Crippen LogP contribution in [0.1, 0.15) is 39.2 Å². The maximum Gasteiger partial charge on any atom is 0.164 e. The molecule has 0 saturated carbocycles. The second kappa shape index (κ2) is 8.60. The summed E-state index contributed by atoms with van der Waals surface area (Å²) in [5, 5.41) is 0. The van der Waals surface area contributed by atoms with Gasteiger partial charge in [0.05, 0.1) is 19.8 Å². The van der Waals surface area contributed by atoms with E-state index in [-0.39, 0.29) is 6.10 Å². The number of ether oxygens (including phenoxy) is 4. The molecule has 1 fully saturated rings. The van der Waals surface area contributed by atoms with Gasteiger partial charge in [-0.25, -0.2) is 0 Å². The van der Waals surface area contributed by atoms with E-state index in [2.05, 4.69) is 6.92 Å². The zero-order valence-electron chi connectivity index (χ0n) is 15.0. The van der Waals surface area contributed by atoms with Gasteiger partial charge in [-0.15, -0.1) is 0 Å². The average Bonchev–Trinajstić information content (AvgIpc) is 2.87. The number of carbonyl (C=O) groups excluding carboxylic acids is 1. The maximum absolute atomic E-state index is 11.1. The van der Waals surface area contributed by atoms with Crippen LogP contribution in [0.5, 0.6) is 5.75 Å². The maximum atomic E-state index is 11.1. The minimum Gasteiger partial charge on any atom is -0.497 e. The first-order valence-electron chi connectivity index (χ1n) is 8.45. The standard InChI is InChI=1S/C19H28O5/c1-14(5-10-17-18(11-20)24-19(2,3)23-17)12-22-13-15-6-8-16(21-4)9-7-15/h6-9,11,14,17-18H,5,10,12-13H2,1-4H3/t14-,17-,18-/m0/s1. The highest BCUT2D eigenvalue weighted by Crippen LogP contribution is 2.30. The van der Waals surface area contributed by atoms with Gasteiger partial charge >= 0.3 is 0 Å². The van der Waals surface area contributed by atoms with Crippen LogP contribution < -0.4 is 4.74 Å². The zero-order chi connectivity index (χ0) is 17.6. The molecule has 3 atom stereocenters. The molecule has 24 heavy (non-hydrogen) atoms. The van der Waals surface area contributed by atoms with Crippen LogP contribution in [-0.4, -0.2) is 38.0 Å². The Morgan fingerprint density at radius 3 is 2.58 bits per heavy atom. The second-order valence-electron chi connectivity index (χ2n) is 6.82. The van der Waals surface area contributed by atoms with Crippen LogP contribution in [0.4, 0.5) is 0 Å². The highest BCUT2D eigenvalue weighted by Gasteiger charge is 2.40. The van der Waals surface area contributed by atoms with Gasteiger partial charge in [0.2, 0.25) is 0 Å². The summed E-state index contributed by atoms with van der Waals surface area (Å²) in [5.74, 6) is 0.561. The molecule has 0 radical (unpaired) electrons. The van der Waals surface area contributed by atoms with Gasteiger partial charge in [-0.1, -0.05) is 19.1 Å². The molecule has 1 aliphatic heterocycles. The van der Waals surface area contributed by atoms with E-state index >= 15 is 0 Å².